The highest BCUT2D eigenvalue weighted by atomic mass is 35.5. The van der Waals surface area contributed by atoms with E-state index in [-0.39, 0.29) is 36.8 Å². The predicted molar refractivity (Wildman–Crippen MR) is 101 cm³/mol. The fraction of sp³-hybridized carbons (Fsp3) is 0.611. The minimum atomic E-state index is -4.61. The quantitative estimate of drug-likeness (QED) is 0.763. The van der Waals surface area contributed by atoms with Crippen LogP contribution >= 0.6 is 12.4 Å². The van der Waals surface area contributed by atoms with Crippen molar-refractivity contribution in [2.45, 2.75) is 61.3 Å². The fourth-order valence-corrected chi connectivity index (χ4v) is 5.07. The van der Waals surface area contributed by atoms with Gasteiger partial charge in [-0.1, -0.05) is 18.6 Å². The molecule has 0 radical (unpaired) electrons. The summed E-state index contributed by atoms with van der Waals surface area (Å²) in [6.45, 7) is 0. The van der Waals surface area contributed by atoms with Gasteiger partial charge in [-0.3, -0.25) is 4.79 Å². The molecule has 2 aliphatic carbocycles. The maximum absolute atomic E-state index is 12.5. The lowest BCUT2D eigenvalue weighted by Crippen LogP contribution is -2.54. The van der Waals surface area contributed by atoms with Crippen molar-refractivity contribution >= 4 is 28.2 Å². The van der Waals surface area contributed by atoms with Crippen LogP contribution < -0.4 is 11.1 Å². The van der Waals surface area contributed by atoms with Crippen molar-refractivity contribution in [2.75, 3.05) is 0 Å². The highest BCUT2D eigenvalue weighted by molar-refractivity contribution is 7.91. The number of halogens is 3. The van der Waals surface area contributed by atoms with E-state index in [1.165, 1.54) is 18.6 Å². The Bertz CT molecular complexity index is 744. The zero-order valence-corrected chi connectivity index (χ0v) is 16.4. The minimum absolute atomic E-state index is 0. The van der Waals surface area contributed by atoms with Crippen LogP contribution in [0.2, 0.25) is 0 Å². The van der Waals surface area contributed by atoms with Gasteiger partial charge in [0.2, 0.25) is 15.7 Å². The van der Waals surface area contributed by atoms with E-state index in [9.17, 15) is 22.0 Å². The number of carbonyl (C=O) groups is 1. The van der Waals surface area contributed by atoms with Crippen LogP contribution in [0.1, 0.15) is 37.7 Å². The molecular weight excluding hydrogens is 398 g/mol. The van der Waals surface area contributed by atoms with Gasteiger partial charge in [-0.15, -0.1) is 12.4 Å². The Morgan fingerprint density at radius 2 is 1.70 bits per heavy atom. The Balaban J connectivity index is 0.00000261. The molecule has 1 amide bonds. The van der Waals surface area contributed by atoms with Gasteiger partial charge in [0.1, 0.15) is 0 Å². The van der Waals surface area contributed by atoms with E-state index in [4.69, 9.17) is 5.73 Å². The van der Waals surface area contributed by atoms with Gasteiger partial charge in [-0.25, -0.2) is 8.42 Å². The van der Waals surface area contributed by atoms with Crippen molar-refractivity contribution < 1.29 is 22.0 Å². The number of rotatable bonds is 5. The average molecular weight is 423 g/mol. The Kier molecular flexibility index (Phi) is 7.21. The number of benzene rings is 1. The SMILES string of the molecule is Cl.NC1CC2CCCC(C1)C2NC(=O)Cc1ccc(S(=O)(=O)C(F)F)cc1. The van der Waals surface area contributed by atoms with Gasteiger partial charge in [0.15, 0.2) is 0 Å². The molecule has 5 nitrogen and oxygen atoms in total. The summed E-state index contributed by atoms with van der Waals surface area (Å²) in [5.74, 6) is -2.75. The molecule has 2 bridgehead atoms. The van der Waals surface area contributed by atoms with Crippen molar-refractivity contribution in [3.05, 3.63) is 29.8 Å². The van der Waals surface area contributed by atoms with Crippen LogP contribution in [0.25, 0.3) is 0 Å². The Hall–Kier alpha value is -1.25. The molecule has 1 aromatic rings. The summed E-state index contributed by atoms with van der Waals surface area (Å²) in [6, 6.07) is 5.42. The predicted octanol–water partition coefficient (Wildman–Crippen LogP) is 2.67. The first-order valence-electron chi connectivity index (χ1n) is 8.93. The number of fused-ring (bicyclic) bond motifs is 2. The molecule has 0 aromatic heterocycles. The molecule has 9 heteroatoms. The van der Waals surface area contributed by atoms with Crippen LogP contribution in [0.15, 0.2) is 29.2 Å². The molecule has 2 aliphatic rings. The number of hydrogen-bond acceptors (Lipinski definition) is 4. The summed E-state index contributed by atoms with van der Waals surface area (Å²) in [6.07, 6.45) is 5.29. The first-order valence-corrected chi connectivity index (χ1v) is 10.5. The number of amides is 1. The minimum Gasteiger partial charge on any atom is -0.353 e. The highest BCUT2D eigenvalue weighted by Gasteiger charge is 2.39. The molecule has 3 N–H and O–H groups in total. The second-order valence-electron chi connectivity index (χ2n) is 7.40. The standard InChI is InChI=1S/C18H24F2N2O3S.ClH/c19-18(20)26(24,25)15-6-4-11(5-7-15)8-16(23)22-17-12-2-1-3-13(17)10-14(21)9-12;/h4-7,12-14,17-18H,1-3,8-10,21H2,(H,22,23);1H. The van der Waals surface area contributed by atoms with Gasteiger partial charge < -0.3 is 11.1 Å². The fourth-order valence-electron chi connectivity index (χ4n) is 4.35. The third-order valence-corrected chi connectivity index (χ3v) is 6.95. The molecule has 0 aliphatic heterocycles. The van der Waals surface area contributed by atoms with E-state index < -0.39 is 20.5 Å². The highest BCUT2D eigenvalue weighted by Crippen LogP contribution is 2.39. The van der Waals surface area contributed by atoms with Crippen molar-refractivity contribution in [1.82, 2.24) is 5.32 Å². The molecule has 0 spiro atoms. The maximum atomic E-state index is 12.5. The zero-order chi connectivity index (χ0) is 18.9. The van der Waals surface area contributed by atoms with Crippen LogP contribution in [0, 0.1) is 11.8 Å². The Labute approximate surface area is 164 Å². The van der Waals surface area contributed by atoms with Crippen molar-refractivity contribution in [1.29, 1.82) is 0 Å². The molecule has 2 fully saturated rings. The first kappa shape index (κ1) is 22.0. The summed E-state index contributed by atoms with van der Waals surface area (Å²) in [5.41, 5.74) is 6.69. The largest absolute Gasteiger partial charge is 0.353 e. The lowest BCUT2D eigenvalue weighted by atomic mass is 9.67. The van der Waals surface area contributed by atoms with E-state index in [0.29, 0.717) is 17.4 Å². The topological polar surface area (TPSA) is 89.3 Å². The molecule has 2 unspecified atom stereocenters. The summed E-state index contributed by atoms with van der Waals surface area (Å²) in [7, 11) is -4.61. The van der Waals surface area contributed by atoms with Crippen molar-refractivity contribution in [3.63, 3.8) is 0 Å². The van der Waals surface area contributed by atoms with Gasteiger partial charge in [0.05, 0.1) is 11.3 Å². The second kappa shape index (κ2) is 8.84. The average Bonchev–Trinajstić information content (AvgIpc) is 2.56. The van der Waals surface area contributed by atoms with Crippen molar-refractivity contribution in [2.24, 2.45) is 17.6 Å². The molecule has 1 aromatic carbocycles. The monoisotopic (exact) mass is 422 g/mol. The van der Waals surface area contributed by atoms with E-state index in [2.05, 4.69) is 5.32 Å². The van der Waals surface area contributed by atoms with Gasteiger partial charge in [0.25, 0.3) is 0 Å². The van der Waals surface area contributed by atoms with Gasteiger partial charge in [-0.2, -0.15) is 8.78 Å². The number of sulfone groups is 1. The molecule has 2 saturated carbocycles. The number of carbonyl (C=O) groups excluding carboxylic acids is 1. The van der Waals surface area contributed by atoms with Gasteiger partial charge in [-0.05, 0) is 55.2 Å². The molecule has 152 valence electrons. The normalized spacial score (nSPS) is 27.7. The summed E-state index contributed by atoms with van der Waals surface area (Å²) in [5, 5.41) is 3.12. The maximum Gasteiger partial charge on any atom is 0.341 e. The lowest BCUT2D eigenvalue weighted by molar-refractivity contribution is -0.122. The van der Waals surface area contributed by atoms with Crippen LogP contribution in [-0.4, -0.2) is 32.2 Å². The molecule has 2 atom stereocenters. The van der Waals surface area contributed by atoms with E-state index in [0.717, 1.165) is 37.8 Å². The van der Waals surface area contributed by atoms with E-state index in [1.54, 1.807) is 0 Å². The first-order chi connectivity index (χ1) is 12.3. The van der Waals surface area contributed by atoms with Crippen LogP contribution in [0.5, 0.6) is 0 Å². The lowest BCUT2D eigenvalue weighted by Gasteiger charge is -2.45. The molecule has 0 heterocycles. The van der Waals surface area contributed by atoms with Crippen LogP contribution in [0.4, 0.5) is 8.78 Å². The number of hydrogen-bond donors (Lipinski definition) is 2. The second-order valence-corrected chi connectivity index (χ2v) is 9.32. The van der Waals surface area contributed by atoms with E-state index >= 15 is 0 Å². The summed E-state index contributed by atoms with van der Waals surface area (Å²) < 4.78 is 48.0. The number of alkyl halides is 2. The number of nitrogens with one attached hydrogen (secondary N) is 1. The third-order valence-electron chi connectivity index (χ3n) is 5.56. The molecule has 3 rings (SSSR count). The molecular formula is C18H25ClF2N2O3S. The molecule has 0 saturated heterocycles. The third kappa shape index (κ3) is 4.97. The van der Waals surface area contributed by atoms with Gasteiger partial charge in [0, 0.05) is 12.1 Å². The Morgan fingerprint density at radius 3 is 2.22 bits per heavy atom. The summed E-state index contributed by atoms with van der Waals surface area (Å²) in [4.78, 5) is 12.0. The molecule has 27 heavy (non-hydrogen) atoms. The summed E-state index contributed by atoms with van der Waals surface area (Å²) >= 11 is 0. The van der Waals surface area contributed by atoms with Crippen LogP contribution in [-0.2, 0) is 21.1 Å². The van der Waals surface area contributed by atoms with Crippen LogP contribution in [0.3, 0.4) is 0 Å². The number of nitrogens with two attached hydrogens (primary N) is 1. The zero-order valence-electron chi connectivity index (χ0n) is 14.8. The van der Waals surface area contributed by atoms with Crippen molar-refractivity contribution in [3.8, 4) is 0 Å². The van der Waals surface area contributed by atoms with E-state index in [1.807, 2.05) is 0 Å². The Morgan fingerprint density at radius 1 is 1.15 bits per heavy atom. The smallest absolute Gasteiger partial charge is 0.341 e. The van der Waals surface area contributed by atoms with Gasteiger partial charge >= 0.3 is 5.76 Å².